The maximum absolute atomic E-state index is 9.32. The molecule has 5 rings (SSSR count). The Morgan fingerprint density at radius 1 is 1.09 bits per heavy atom. The number of nitriles is 1. The fourth-order valence-electron chi connectivity index (χ4n) is 4.78. The van der Waals surface area contributed by atoms with Gasteiger partial charge in [-0.2, -0.15) is 5.26 Å². The average Bonchev–Trinajstić information content (AvgIpc) is 3.62. The lowest BCUT2D eigenvalue weighted by Crippen LogP contribution is -2.33. The summed E-state index contributed by atoms with van der Waals surface area (Å²) in [6.07, 6.45) is 7.07. The molecule has 1 aromatic heterocycles. The maximum Gasteiger partial charge on any atom is 0.173 e. The van der Waals surface area contributed by atoms with Gasteiger partial charge in [0.2, 0.25) is 0 Å². The van der Waals surface area contributed by atoms with Gasteiger partial charge >= 0.3 is 0 Å². The Morgan fingerprint density at radius 3 is 2.54 bits per heavy atom. The van der Waals surface area contributed by atoms with Crippen molar-refractivity contribution in [3.63, 3.8) is 0 Å². The van der Waals surface area contributed by atoms with Crippen molar-refractivity contribution in [1.82, 2.24) is 15.4 Å². The van der Waals surface area contributed by atoms with E-state index in [2.05, 4.69) is 46.6 Å². The quantitative estimate of drug-likeness (QED) is 0.466. The summed E-state index contributed by atoms with van der Waals surface area (Å²) in [6, 6.07) is 14.5. The minimum absolute atomic E-state index is 0.714. The van der Waals surface area contributed by atoms with E-state index >= 15 is 0 Å². The number of hydrogen-bond donors (Lipinski definition) is 1. The van der Waals surface area contributed by atoms with Gasteiger partial charge in [0.15, 0.2) is 5.58 Å². The van der Waals surface area contributed by atoms with Crippen molar-refractivity contribution in [2.24, 2.45) is 11.8 Å². The molecule has 1 saturated carbocycles. The summed E-state index contributed by atoms with van der Waals surface area (Å²) in [7, 11) is 3.75. The van der Waals surface area contributed by atoms with Gasteiger partial charge in [-0.3, -0.25) is 4.90 Å². The molecular weight excluding hydrogens is 436 g/mol. The van der Waals surface area contributed by atoms with Gasteiger partial charge in [-0.15, -0.1) is 0 Å². The molecule has 2 heterocycles. The third kappa shape index (κ3) is 6.62. The van der Waals surface area contributed by atoms with Crippen molar-refractivity contribution in [3.8, 4) is 11.8 Å². The minimum atomic E-state index is 0.714. The molecule has 0 bridgehead atoms. The standard InChI is InChI=1S/C27H31N3O2.C2H7N/c1-19-26(31-18-21-6-7-21)11-9-24-25(29-32-27(19)24)10-8-20-12-14-30(15-13-20)17-23-5-3-2-4-22(23)16-28;1-3-2/h2-5,9,11,20-21H,6-8,10,12-15,17-18H2,1H3;3H,1-2H3. The van der Waals surface area contributed by atoms with Gasteiger partial charge < -0.3 is 14.6 Å². The molecule has 6 heteroatoms. The van der Waals surface area contributed by atoms with E-state index in [0.717, 1.165) is 84.1 Å². The lowest BCUT2D eigenvalue weighted by Gasteiger charge is -2.32. The molecule has 0 amide bonds. The third-order valence-electron chi connectivity index (χ3n) is 7.11. The Bertz CT molecular complexity index is 1140. The Morgan fingerprint density at radius 2 is 1.83 bits per heavy atom. The first-order valence-electron chi connectivity index (χ1n) is 12.9. The SMILES string of the molecule is CNC.Cc1c(OCC2CC2)ccc2c(CCC3CCN(Cc4ccccc4C#N)CC3)noc12. The number of rotatable bonds is 8. The van der Waals surface area contributed by atoms with Crippen LogP contribution in [0.2, 0.25) is 0 Å². The minimum Gasteiger partial charge on any atom is -0.493 e. The van der Waals surface area contributed by atoms with Gasteiger partial charge in [0.05, 0.1) is 23.9 Å². The molecule has 1 aliphatic heterocycles. The number of fused-ring (bicyclic) bond motifs is 1. The second-order valence-electron chi connectivity index (χ2n) is 9.98. The Hall–Kier alpha value is -2.88. The van der Waals surface area contributed by atoms with Gasteiger partial charge in [-0.05, 0) is 108 Å². The van der Waals surface area contributed by atoms with Crippen molar-refractivity contribution in [2.75, 3.05) is 33.8 Å². The molecule has 0 unspecified atom stereocenters. The van der Waals surface area contributed by atoms with Crippen LogP contribution in [-0.2, 0) is 13.0 Å². The van der Waals surface area contributed by atoms with Crippen LogP contribution in [0, 0.1) is 30.1 Å². The second-order valence-corrected chi connectivity index (χ2v) is 9.98. The number of likely N-dealkylation sites (tertiary alicyclic amines) is 1. The predicted octanol–water partition coefficient (Wildman–Crippen LogP) is 5.48. The summed E-state index contributed by atoms with van der Waals surface area (Å²) >= 11 is 0. The Kier molecular flexibility index (Phi) is 8.79. The highest BCUT2D eigenvalue weighted by Crippen LogP contribution is 2.34. The predicted molar refractivity (Wildman–Crippen MR) is 139 cm³/mol. The number of nitrogens with zero attached hydrogens (tertiary/aromatic N) is 3. The zero-order chi connectivity index (χ0) is 24.6. The lowest BCUT2D eigenvalue weighted by atomic mass is 9.90. The largest absolute Gasteiger partial charge is 0.493 e. The molecular formula is C29H38N4O2. The first-order chi connectivity index (χ1) is 17.1. The van der Waals surface area contributed by atoms with E-state index in [-0.39, 0.29) is 0 Å². The number of hydrogen-bond acceptors (Lipinski definition) is 6. The number of aromatic nitrogens is 1. The molecule has 1 saturated heterocycles. The molecule has 0 spiro atoms. The van der Waals surface area contributed by atoms with Gasteiger partial charge in [0.25, 0.3) is 0 Å². The molecule has 6 nitrogen and oxygen atoms in total. The number of aryl methyl sites for hydroxylation is 2. The molecule has 35 heavy (non-hydrogen) atoms. The average molecular weight is 475 g/mol. The van der Waals surface area contributed by atoms with E-state index in [1.165, 1.54) is 25.7 Å². The number of piperidine rings is 1. The summed E-state index contributed by atoms with van der Waals surface area (Å²) in [6.45, 7) is 5.93. The first kappa shape index (κ1) is 25.2. The molecule has 1 N–H and O–H groups in total. The van der Waals surface area contributed by atoms with Crippen LogP contribution in [0.4, 0.5) is 0 Å². The summed E-state index contributed by atoms with van der Waals surface area (Å²) in [4.78, 5) is 2.48. The highest BCUT2D eigenvalue weighted by Gasteiger charge is 2.24. The molecule has 0 radical (unpaired) electrons. The molecule has 186 valence electrons. The van der Waals surface area contributed by atoms with E-state index in [9.17, 15) is 5.26 Å². The van der Waals surface area contributed by atoms with Crippen LogP contribution in [0.25, 0.3) is 11.0 Å². The summed E-state index contributed by atoms with van der Waals surface area (Å²) in [5.41, 5.74) is 4.94. The van der Waals surface area contributed by atoms with Crippen LogP contribution in [0.3, 0.4) is 0 Å². The van der Waals surface area contributed by atoms with Crippen molar-refractivity contribution < 1.29 is 9.26 Å². The molecule has 0 atom stereocenters. The van der Waals surface area contributed by atoms with E-state index in [1.807, 2.05) is 32.3 Å². The van der Waals surface area contributed by atoms with Gasteiger partial charge in [0, 0.05) is 17.5 Å². The first-order valence-corrected chi connectivity index (χ1v) is 12.9. The number of benzene rings is 2. The molecule has 3 aromatic rings. The van der Waals surface area contributed by atoms with Gasteiger partial charge in [-0.25, -0.2) is 0 Å². The zero-order valence-corrected chi connectivity index (χ0v) is 21.3. The van der Waals surface area contributed by atoms with Crippen LogP contribution in [0.1, 0.15) is 54.5 Å². The van der Waals surface area contributed by atoms with Crippen molar-refractivity contribution in [3.05, 3.63) is 58.8 Å². The van der Waals surface area contributed by atoms with E-state index < -0.39 is 0 Å². The molecule has 2 fully saturated rings. The fraction of sp³-hybridized carbons (Fsp3) is 0.517. The smallest absolute Gasteiger partial charge is 0.173 e. The highest BCUT2D eigenvalue weighted by molar-refractivity contribution is 5.84. The highest BCUT2D eigenvalue weighted by atomic mass is 16.5. The van der Waals surface area contributed by atoms with Crippen molar-refractivity contribution in [2.45, 2.75) is 52.0 Å². The van der Waals surface area contributed by atoms with Gasteiger partial charge in [0.1, 0.15) is 5.75 Å². The lowest BCUT2D eigenvalue weighted by molar-refractivity contribution is 0.172. The topological polar surface area (TPSA) is 74.3 Å². The summed E-state index contributed by atoms with van der Waals surface area (Å²) in [5.74, 6) is 2.38. The Labute approximate surface area is 209 Å². The van der Waals surface area contributed by atoms with Crippen LogP contribution >= 0.6 is 0 Å². The summed E-state index contributed by atoms with van der Waals surface area (Å²) < 4.78 is 11.7. The monoisotopic (exact) mass is 474 g/mol. The van der Waals surface area contributed by atoms with Crippen LogP contribution in [-0.4, -0.2) is 43.8 Å². The van der Waals surface area contributed by atoms with Crippen molar-refractivity contribution in [1.29, 1.82) is 5.26 Å². The fourth-order valence-corrected chi connectivity index (χ4v) is 4.78. The number of nitrogens with one attached hydrogen (secondary N) is 1. The van der Waals surface area contributed by atoms with E-state index in [4.69, 9.17) is 9.26 Å². The van der Waals surface area contributed by atoms with Crippen LogP contribution < -0.4 is 10.1 Å². The van der Waals surface area contributed by atoms with Gasteiger partial charge in [-0.1, -0.05) is 23.4 Å². The molecule has 2 aliphatic rings. The zero-order valence-electron chi connectivity index (χ0n) is 21.3. The third-order valence-corrected chi connectivity index (χ3v) is 7.11. The number of ether oxygens (including phenoxy) is 1. The van der Waals surface area contributed by atoms with Crippen LogP contribution in [0.15, 0.2) is 40.9 Å². The molecule has 2 aromatic carbocycles. The Balaban J connectivity index is 0.000000917. The second kappa shape index (κ2) is 12.2. The van der Waals surface area contributed by atoms with E-state index in [0.29, 0.717) is 5.92 Å². The molecule has 1 aliphatic carbocycles. The summed E-state index contributed by atoms with van der Waals surface area (Å²) in [5, 5.41) is 17.6. The normalized spacial score (nSPS) is 16.5. The van der Waals surface area contributed by atoms with Crippen LogP contribution in [0.5, 0.6) is 5.75 Å². The van der Waals surface area contributed by atoms with Crippen molar-refractivity contribution >= 4 is 11.0 Å². The maximum atomic E-state index is 9.32. The van der Waals surface area contributed by atoms with E-state index in [1.54, 1.807) is 0 Å².